The lowest BCUT2D eigenvalue weighted by Gasteiger charge is -2.32. The van der Waals surface area contributed by atoms with E-state index < -0.39 is 0 Å². The Hall–Kier alpha value is -2.23. The van der Waals surface area contributed by atoms with Gasteiger partial charge in [-0.2, -0.15) is 0 Å². The molecule has 2 heterocycles. The first-order chi connectivity index (χ1) is 10.7. The lowest BCUT2D eigenvalue weighted by Crippen LogP contribution is -2.41. The van der Waals surface area contributed by atoms with Crippen LogP contribution in [0.25, 0.3) is 0 Å². The third kappa shape index (κ3) is 3.50. The van der Waals surface area contributed by atoms with Crippen LogP contribution < -0.4 is 4.74 Å². The molecule has 0 radical (unpaired) electrons. The van der Waals surface area contributed by atoms with Crippen LogP contribution in [0.2, 0.25) is 0 Å². The van der Waals surface area contributed by atoms with Crippen molar-refractivity contribution in [3.8, 4) is 5.75 Å². The first kappa shape index (κ1) is 14.7. The predicted molar refractivity (Wildman–Crippen MR) is 86.1 cm³/mol. The summed E-state index contributed by atoms with van der Waals surface area (Å²) in [6.45, 7) is 4.34. The molecule has 3 rings (SSSR count). The molecule has 22 heavy (non-hydrogen) atoms. The number of nitrogens with zero attached hydrogens (tertiary/aromatic N) is 1. The molecule has 4 heteroatoms. The monoisotopic (exact) mass is 298 g/mol. The van der Waals surface area contributed by atoms with Crippen molar-refractivity contribution in [2.45, 2.75) is 19.8 Å². The zero-order valence-electron chi connectivity index (χ0n) is 12.9. The van der Waals surface area contributed by atoms with Crippen LogP contribution in [-0.2, 0) is 0 Å². The average Bonchev–Trinajstić information content (AvgIpc) is 3.07. The predicted octanol–water partition coefficient (Wildman–Crippen LogP) is 3.25. The van der Waals surface area contributed by atoms with Gasteiger partial charge >= 0.3 is 0 Å². The first-order valence-electron chi connectivity index (χ1n) is 7.84. The molecule has 1 N–H and O–H groups in total. The fourth-order valence-electron chi connectivity index (χ4n) is 2.94. The number of hydrogen-bond donors (Lipinski definition) is 1. The van der Waals surface area contributed by atoms with E-state index in [-0.39, 0.29) is 5.91 Å². The van der Waals surface area contributed by atoms with Gasteiger partial charge in [0.1, 0.15) is 5.75 Å². The molecule has 1 aromatic carbocycles. The standard InChI is InChI=1S/C18H22N2O2/c1-14-4-2-6-17(10-14)22-13-15-5-3-9-20(12-15)18(21)16-7-8-19-11-16/h2,4,6-8,10-11,15,19H,3,5,9,12-13H2,1H3. The number of carbonyl (C=O) groups is 1. The minimum absolute atomic E-state index is 0.113. The molecule has 2 aromatic rings. The molecule has 1 aliphatic heterocycles. The second kappa shape index (κ2) is 6.69. The summed E-state index contributed by atoms with van der Waals surface area (Å²) in [5, 5.41) is 0. The van der Waals surface area contributed by atoms with Crippen LogP contribution in [0.1, 0.15) is 28.8 Å². The zero-order chi connectivity index (χ0) is 15.4. The molecule has 1 unspecified atom stereocenters. The highest BCUT2D eigenvalue weighted by Crippen LogP contribution is 2.21. The number of benzene rings is 1. The molecular weight excluding hydrogens is 276 g/mol. The van der Waals surface area contributed by atoms with Gasteiger partial charge in [-0.25, -0.2) is 0 Å². The van der Waals surface area contributed by atoms with Crippen molar-refractivity contribution in [2.24, 2.45) is 5.92 Å². The minimum atomic E-state index is 0.113. The van der Waals surface area contributed by atoms with Gasteiger partial charge in [-0.15, -0.1) is 0 Å². The van der Waals surface area contributed by atoms with Gasteiger partial charge in [0.2, 0.25) is 0 Å². The molecule has 4 nitrogen and oxygen atoms in total. The number of ether oxygens (including phenoxy) is 1. The highest BCUT2D eigenvalue weighted by Gasteiger charge is 2.25. The molecule has 1 amide bonds. The lowest BCUT2D eigenvalue weighted by molar-refractivity contribution is 0.0633. The van der Waals surface area contributed by atoms with E-state index in [0.29, 0.717) is 12.5 Å². The largest absolute Gasteiger partial charge is 0.493 e. The highest BCUT2D eigenvalue weighted by molar-refractivity contribution is 5.94. The molecule has 0 spiro atoms. The van der Waals surface area contributed by atoms with E-state index in [1.165, 1.54) is 5.56 Å². The Morgan fingerprint density at radius 3 is 3.09 bits per heavy atom. The van der Waals surface area contributed by atoms with Crippen LogP contribution in [0.15, 0.2) is 42.7 Å². The number of aromatic nitrogens is 1. The summed E-state index contributed by atoms with van der Waals surface area (Å²) in [5.41, 5.74) is 1.94. The summed E-state index contributed by atoms with van der Waals surface area (Å²) in [6.07, 6.45) is 5.70. The summed E-state index contributed by atoms with van der Waals surface area (Å²) in [5.74, 6) is 1.42. The van der Waals surface area contributed by atoms with Crippen molar-refractivity contribution in [1.82, 2.24) is 9.88 Å². The summed E-state index contributed by atoms with van der Waals surface area (Å²) in [7, 11) is 0. The average molecular weight is 298 g/mol. The van der Waals surface area contributed by atoms with E-state index in [9.17, 15) is 4.79 Å². The van der Waals surface area contributed by atoms with Crippen molar-refractivity contribution in [1.29, 1.82) is 0 Å². The number of H-pyrrole nitrogens is 1. The van der Waals surface area contributed by atoms with Gasteiger partial charge in [-0.1, -0.05) is 12.1 Å². The molecule has 0 bridgehead atoms. The number of nitrogens with one attached hydrogen (secondary N) is 1. The van der Waals surface area contributed by atoms with Crippen LogP contribution in [0.5, 0.6) is 5.75 Å². The number of piperidine rings is 1. The lowest BCUT2D eigenvalue weighted by atomic mass is 9.98. The highest BCUT2D eigenvalue weighted by atomic mass is 16.5. The molecule has 1 aromatic heterocycles. The molecular formula is C18H22N2O2. The van der Waals surface area contributed by atoms with Crippen molar-refractivity contribution in [3.05, 3.63) is 53.9 Å². The number of rotatable bonds is 4. The van der Waals surface area contributed by atoms with Crippen LogP contribution in [-0.4, -0.2) is 35.5 Å². The number of hydrogen-bond acceptors (Lipinski definition) is 2. The Morgan fingerprint density at radius 2 is 2.32 bits per heavy atom. The van der Waals surface area contributed by atoms with Gasteiger partial charge in [-0.3, -0.25) is 4.79 Å². The van der Waals surface area contributed by atoms with Gasteiger partial charge in [0, 0.05) is 31.4 Å². The topological polar surface area (TPSA) is 45.3 Å². The maximum absolute atomic E-state index is 12.4. The first-order valence-corrected chi connectivity index (χ1v) is 7.84. The van der Waals surface area contributed by atoms with Crippen molar-refractivity contribution >= 4 is 5.91 Å². The summed E-state index contributed by atoms with van der Waals surface area (Å²) in [4.78, 5) is 17.3. The molecule has 1 saturated heterocycles. The SMILES string of the molecule is Cc1cccc(OCC2CCCN(C(=O)c3cc[nH]c3)C2)c1. The molecule has 1 fully saturated rings. The number of carbonyl (C=O) groups excluding carboxylic acids is 1. The third-order valence-corrected chi connectivity index (χ3v) is 4.13. The second-order valence-electron chi connectivity index (χ2n) is 5.99. The summed E-state index contributed by atoms with van der Waals surface area (Å²) >= 11 is 0. The van der Waals surface area contributed by atoms with Crippen LogP contribution in [0.3, 0.4) is 0 Å². The van der Waals surface area contributed by atoms with E-state index >= 15 is 0 Å². The fraction of sp³-hybridized carbons (Fsp3) is 0.389. The molecule has 0 aliphatic carbocycles. The number of likely N-dealkylation sites (tertiary alicyclic amines) is 1. The van der Waals surface area contributed by atoms with Crippen molar-refractivity contribution < 1.29 is 9.53 Å². The molecule has 1 aliphatic rings. The molecule has 0 saturated carbocycles. The fourth-order valence-corrected chi connectivity index (χ4v) is 2.94. The van der Waals surface area contributed by atoms with Gasteiger partial charge in [-0.05, 0) is 43.5 Å². The van der Waals surface area contributed by atoms with E-state index in [1.54, 1.807) is 12.4 Å². The smallest absolute Gasteiger partial charge is 0.255 e. The van der Waals surface area contributed by atoms with Gasteiger partial charge in [0.05, 0.1) is 12.2 Å². The van der Waals surface area contributed by atoms with E-state index in [0.717, 1.165) is 37.2 Å². The van der Waals surface area contributed by atoms with E-state index in [2.05, 4.69) is 18.0 Å². The van der Waals surface area contributed by atoms with Gasteiger partial charge < -0.3 is 14.6 Å². The van der Waals surface area contributed by atoms with Gasteiger partial charge in [0.25, 0.3) is 5.91 Å². The Kier molecular flexibility index (Phi) is 4.47. The van der Waals surface area contributed by atoms with E-state index in [1.807, 2.05) is 29.2 Å². The normalized spacial score (nSPS) is 18.2. The minimum Gasteiger partial charge on any atom is -0.493 e. The number of amides is 1. The quantitative estimate of drug-likeness (QED) is 0.941. The van der Waals surface area contributed by atoms with E-state index in [4.69, 9.17) is 4.74 Å². The number of aromatic amines is 1. The third-order valence-electron chi connectivity index (χ3n) is 4.13. The van der Waals surface area contributed by atoms with Crippen molar-refractivity contribution in [3.63, 3.8) is 0 Å². The molecule has 1 atom stereocenters. The van der Waals surface area contributed by atoms with Crippen molar-refractivity contribution in [2.75, 3.05) is 19.7 Å². The van der Waals surface area contributed by atoms with Crippen LogP contribution in [0.4, 0.5) is 0 Å². The Morgan fingerprint density at radius 1 is 1.41 bits per heavy atom. The summed E-state index contributed by atoms with van der Waals surface area (Å²) < 4.78 is 5.90. The van der Waals surface area contributed by atoms with Crippen LogP contribution >= 0.6 is 0 Å². The summed E-state index contributed by atoms with van der Waals surface area (Å²) in [6, 6.07) is 9.93. The maximum Gasteiger partial charge on any atom is 0.255 e. The van der Waals surface area contributed by atoms with Crippen LogP contribution in [0, 0.1) is 12.8 Å². The molecule has 116 valence electrons. The Bertz CT molecular complexity index is 622. The van der Waals surface area contributed by atoms with Gasteiger partial charge in [0.15, 0.2) is 0 Å². The maximum atomic E-state index is 12.4. The second-order valence-corrected chi connectivity index (χ2v) is 5.99. The number of aryl methyl sites for hydroxylation is 1. The Balaban J connectivity index is 1.55. The zero-order valence-corrected chi connectivity index (χ0v) is 12.9. The Labute approximate surface area is 131 Å².